The Morgan fingerprint density at radius 3 is 2.29 bits per heavy atom. The molecule has 0 spiro atoms. The van der Waals surface area contributed by atoms with E-state index in [0.29, 0.717) is 10.0 Å². The SMILES string of the molecule is Cc1cc(Cl)c(C(Cl)c2sccc2Cl)cc1C. The van der Waals surface area contributed by atoms with Gasteiger partial charge in [0.2, 0.25) is 0 Å². The van der Waals surface area contributed by atoms with Crippen LogP contribution in [-0.4, -0.2) is 0 Å². The lowest BCUT2D eigenvalue weighted by Gasteiger charge is -2.13. The van der Waals surface area contributed by atoms with Gasteiger partial charge in [-0.2, -0.15) is 0 Å². The Hall–Kier alpha value is -0.210. The fourth-order valence-electron chi connectivity index (χ4n) is 1.63. The average molecular weight is 306 g/mol. The summed E-state index contributed by atoms with van der Waals surface area (Å²) >= 11 is 20.3. The third-order valence-electron chi connectivity index (χ3n) is 2.76. The van der Waals surface area contributed by atoms with Crippen LogP contribution in [0.1, 0.15) is 26.9 Å². The largest absolute Gasteiger partial charge is 0.145 e. The fourth-order valence-corrected chi connectivity index (χ4v) is 3.67. The van der Waals surface area contributed by atoms with Gasteiger partial charge in [-0.05, 0) is 48.1 Å². The molecule has 1 heterocycles. The van der Waals surface area contributed by atoms with E-state index in [-0.39, 0.29) is 5.38 Å². The number of rotatable bonds is 2. The van der Waals surface area contributed by atoms with Gasteiger partial charge in [-0.15, -0.1) is 22.9 Å². The third-order valence-corrected chi connectivity index (χ3v) is 5.09. The van der Waals surface area contributed by atoms with E-state index < -0.39 is 0 Å². The van der Waals surface area contributed by atoms with Crippen LogP contribution in [0.25, 0.3) is 0 Å². The lowest BCUT2D eigenvalue weighted by atomic mass is 10.0. The molecule has 0 aliphatic carbocycles. The maximum absolute atomic E-state index is 6.45. The first-order valence-corrected chi connectivity index (χ1v) is 7.21. The predicted octanol–water partition coefficient (Wildman–Crippen LogP) is 6.00. The highest BCUT2D eigenvalue weighted by Gasteiger charge is 2.19. The van der Waals surface area contributed by atoms with Crippen molar-refractivity contribution in [2.75, 3.05) is 0 Å². The molecular formula is C13H11Cl3S. The predicted molar refractivity (Wildman–Crippen MR) is 78.0 cm³/mol. The standard InChI is InChI=1S/C13H11Cl3S/c1-7-5-9(11(15)6-8(7)2)12(16)13-10(14)3-4-17-13/h3-6,12H,1-2H3. The van der Waals surface area contributed by atoms with Crippen molar-refractivity contribution in [3.8, 4) is 0 Å². The van der Waals surface area contributed by atoms with Gasteiger partial charge >= 0.3 is 0 Å². The van der Waals surface area contributed by atoms with Crippen LogP contribution >= 0.6 is 46.1 Å². The van der Waals surface area contributed by atoms with E-state index in [2.05, 4.69) is 6.92 Å². The highest BCUT2D eigenvalue weighted by molar-refractivity contribution is 7.11. The molecular weight excluding hydrogens is 295 g/mol. The highest BCUT2D eigenvalue weighted by Crippen LogP contribution is 2.40. The van der Waals surface area contributed by atoms with Crippen molar-refractivity contribution >= 4 is 46.1 Å². The zero-order valence-electron chi connectivity index (χ0n) is 9.43. The van der Waals surface area contributed by atoms with Gasteiger partial charge in [0, 0.05) is 9.90 Å². The quantitative estimate of drug-likeness (QED) is 0.597. The minimum atomic E-state index is -0.283. The van der Waals surface area contributed by atoms with Gasteiger partial charge in [0.1, 0.15) is 0 Å². The van der Waals surface area contributed by atoms with Crippen molar-refractivity contribution in [3.05, 3.63) is 55.2 Å². The van der Waals surface area contributed by atoms with E-state index in [4.69, 9.17) is 34.8 Å². The van der Waals surface area contributed by atoms with Gasteiger partial charge in [0.25, 0.3) is 0 Å². The number of benzene rings is 1. The van der Waals surface area contributed by atoms with Gasteiger partial charge in [-0.25, -0.2) is 0 Å². The molecule has 1 aromatic heterocycles. The average Bonchev–Trinajstić information content (AvgIpc) is 2.69. The van der Waals surface area contributed by atoms with Crippen molar-refractivity contribution in [2.24, 2.45) is 0 Å². The van der Waals surface area contributed by atoms with Crippen LogP contribution in [0.4, 0.5) is 0 Å². The number of alkyl halides is 1. The molecule has 0 N–H and O–H groups in total. The molecule has 2 rings (SSSR count). The molecule has 0 saturated heterocycles. The number of aryl methyl sites for hydroxylation is 2. The molecule has 0 nitrogen and oxygen atoms in total. The first-order chi connectivity index (χ1) is 8.00. The van der Waals surface area contributed by atoms with Crippen LogP contribution < -0.4 is 0 Å². The van der Waals surface area contributed by atoms with E-state index in [9.17, 15) is 0 Å². The van der Waals surface area contributed by atoms with Crippen molar-refractivity contribution in [3.63, 3.8) is 0 Å². The lowest BCUT2D eigenvalue weighted by molar-refractivity contribution is 1.16. The molecule has 0 bridgehead atoms. The van der Waals surface area contributed by atoms with Gasteiger partial charge in [0.15, 0.2) is 0 Å². The first-order valence-electron chi connectivity index (χ1n) is 5.14. The van der Waals surface area contributed by atoms with Crippen LogP contribution in [0.3, 0.4) is 0 Å². The van der Waals surface area contributed by atoms with Crippen molar-refractivity contribution < 1.29 is 0 Å². The Kier molecular flexibility index (Phi) is 4.04. The Balaban J connectivity index is 2.48. The minimum absolute atomic E-state index is 0.283. The van der Waals surface area contributed by atoms with E-state index in [1.165, 1.54) is 11.1 Å². The zero-order valence-corrected chi connectivity index (χ0v) is 12.5. The molecule has 1 aromatic carbocycles. The van der Waals surface area contributed by atoms with Gasteiger partial charge in [-0.3, -0.25) is 0 Å². The second-order valence-electron chi connectivity index (χ2n) is 3.95. The zero-order chi connectivity index (χ0) is 12.6. The Morgan fingerprint density at radius 2 is 1.71 bits per heavy atom. The molecule has 0 amide bonds. The Morgan fingerprint density at radius 1 is 1.06 bits per heavy atom. The smallest absolute Gasteiger partial charge is 0.0957 e. The monoisotopic (exact) mass is 304 g/mol. The van der Waals surface area contributed by atoms with E-state index in [1.807, 2.05) is 30.5 Å². The summed E-state index contributed by atoms with van der Waals surface area (Å²) in [6.07, 6.45) is 0. The minimum Gasteiger partial charge on any atom is -0.145 e. The normalized spacial score (nSPS) is 12.8. The summed E-state index contributed by atoms with van der Waals surface area (Å²) in [5, 5.41) is 3.04. The van der Waals surface area contributed by atoms with Gasteiger partial charge in [-0.1, -0.05) is 29.3 Å². The number of hydrogen-bond donors (Lipinski definition) is 0. The molecule has 0 saturated carbocycles. The maximum Gasteiger partial charge on any atom is 0.0957 e. The molecule has 0 radical (unpaired) electrons. The summed E-state index contributed by atoms with van der Waals surface area (Å²) in [6.45, 7) is 4.08. The van der Waals surface area contributed by atoms with E-state index in [1.54, 1.807) is 11.3 Å². The maximum atomic E-state index is 6.45. The fraction of sp³-hybridized carbons (Fsp3) is 0.231. The van der Waals surface area contributed by atoms with Crippen molar-refractivity contribution in [2.45, 2.75) is 19.2 Å². The van der Waals surface area contributed by atoms with Gasteiger partial charge in [0.05, 0.1) is 10.4 Å². The highest BCUT2D eigenvalue weighted by atomic mass is 35.5. The summed E-state index contributed by atoms with van der Waals surface area (Å²) in [6, 6.07) is 5.83. The molecule has 4 heteroatoms. The lowest BCUT2D eigenvalue weighted by Crippen LogP contribution is -1.95. The van der Waals surface area contributed by atoms with Crippen LogP contribution in [0, 0.1) is 13.8 Å². The topological polar surface area (TPSA) is 0 Å². The molecule has 2 aromatic rings. The summed E-state index contributed by atoms with van der Waals surface area (Å²) < 4.78 is 0. The Bertz CT molecular complexity index is 546. The number of hydrogen-bond acceptors (Lipinski definition) is 1. The van der Waals surface area contributed by atoms with E-state index >= 15 is 0 Å². The first kappa shape index (κ1) is 13.2. The van der Waals surface area contributed by atoms with Crippen LogP contribution in [-0.2, 0) is 0 Å². The molecule has 17 heavy (non-hydrogen) atoms. The second-order valence-corrected chi connectivity index (χ2v) is 6.15. The van der Waals surface area contributed by atoms with Crippen LogP contribution in [0.2, 0.25) is 10.0 Å². The van der Waals surface area contributed by atoms with Gasteiger partial charge < -0.3 is 0 Å². The summed E-state index contributed by atoms with van der Waals surface area (Å²) in [5.41, 5.74) is 3.27. The van der Waals surface area contributed by atoms with Crippen molar-refractivity contribution in [1.29, 1.82) is 0 Å². The van der Waals surface area contributed by atoms with E-state index in [0.717, 1.165) is 10.4 Å². The summed E-state index contributed by atoms with van der Waals surface area (Å²) in [5.74, 6) is 0. The molecule has 0 aliphatic heterocycles. The molecule has 0 aliphatic rings. The molecule has 0 fully saturated rings. The number of thiophene rings is 1. The number of halogens is 3. The van der Waals surface area contributed by atoms with Crippen LogP contribution in [0.5, 0.6) is 0 Å². The third kappa shape index (κ3) is 2.63. The summed E-state index contributed by atoms with van der Waals surface area (Å²) in [4.78, 5) is 0.943. The second kappa shape index (κ2) is 5.19. The van der Waals surface area contributed by atoms with Crippen LogP contribution in [0.15, 0.2) is 23.6 Å². The molecule has 1 atom stereocenters. The summed E-state index contributed by atoms with van der Waals surface area (Å²) in [7, 11) is 0. The molecule has 90 valence electrons. The molecule has 1 unspecified atom stereocenters. The van der Waals surface area contributed by atoms with Crippen molar-refractivity contribution in [1.82, 2.24) is 0 Å². The Labute approximate surface area is 120 Å².